The van der Waals surface area contributed by atoms with Gasteiger partial charge in [-0.25, -0.2) is 4.98 Å². The Labute approximate surface area is 143 Å². The first-order chi connectivity index (χ1) is 10.4. The molecule has 0 atom stereocenters. The maximum Gasteiger partial charge on any atom is 0.228 e. The third-order valence-corrected chi connectivity index (χ3v) is 4.50. The smallest absolute Gasteiger partial charge is 0.228 e. The number of hydrogen-bond donors (Lipinski definition) is 0. The van der Waals surface area contributed by atoms with E-state index < -0.39 is 3.79 Å². The van der Waals surface area contributed by atoms with E-state index in [4.69, 9.17) is 34.8 Å². The molecule has 2 fully saturated rings. The average molecular weight is 363 g/mol. The molecule has 0 unspecified atom stereocenters. The van der Waals surface area contributed by atoms with Crippen molar-refractivity contribution in [1.82, 2.24) is 4.98 Å². The topological polar surface area (TPSA) is 53.5 Å². The van der Waals surface area contributed by atoms with Gasteiger partial charge < -0.3 is 4.90 Å². The van der Waals surface area contributed by atoms with Gasteiger partial charge in [-0.3, -0.25) is 14.5 Å². The maximum absolute atomic E-state index is 12.0. The molecule has 8 heteroatoms. The van der Waals surface area contributed by atoms with Crippen molar-refractivity contribution in [2.24, 2.45) is 0 Å². The lowest BCUT2D eigenvalue weighted by Crippen LogP contribution is -2.28. The van der Waals surface area contributed by atoms with Crippen LogP contribution in [-0.4, -0.2) is 29.9 Å². The summed E-state index contributed by atoms with van der Waals surface area (Å²) >= 11 is 18.2. The Balaban J connectivity index is 2.04. The third kappa shape index (κ3) is 2.90. The van der Waals surface area contributed by atoms with Crippen LogP contribution in [0.5, 0.6) is 0 Å². The zero-order valence-electron chi connectivity index (χ0n) is 11.7. The number of hydrogen-bond acceptors (Lipinski definition) is 3. The highest BCUT2D eigenvalue weighted by molar-refractivity contribution is 6.67. The summed E-state index contributed by atoms with van der Waals surface area (Å²) in [5.74, 6) is 0.453. The Hall–Kier alpha value is -1.04. The van der Waals surface area contributed by atoms with E-state index in [1.54, 1.807) is 15.9 Å². The van der Waals surface area contributed by atoms with Gasteiger partial charge in [0.25, 0.3) is 0 Å². The van der Waals surface area contributed by atoms with Gasteiger partial charge >= 0.3 is 0 Å². The Kier molecular flexibility index (Phi) is 4.23. The highest BCUT2D eigenvalue weighted by atomic mass is 35.6. The zero-order chi connectivity index (χ0) is 15.9. The predicted octanol–water partition coefficient (Wildman–Crippen LogP) is 3.16. The summed E-state index contributed by atoms with van der Waals surface area (Å²) in [6.45, 7) is 1.18. The SMILES string of the molecule is O=C1CCCN1c1cc(C(Cl)(Cl)Cl)c(N2CCCC2=O)cn1. The predicted molar refractivity (Wildman–Crippen MR) is 86.6 cm³/mol. The van der Waals surface area contributed by atoms with Gasteiger partial charge in [-0.1, -0.05) is 34.8 Å². The molecule has 2 aliphatic rings. The number of nitrogens with zero attached hydrogens (tertiary/aromatic N) is 3. The van der Waals surface area contributed by atoms with Crippen LogP contribution in [0.2, 0.25) is 0 Å². The summed E-state index contributed by atoms with van der Waals surface area (Å²) in [6.07, 6.45) is 4.05. The fourth-order valence-corrected chi connectivity index (χ4v) is 3.27. The molecule has 22 heavy (non-hydrogen) atoms. The Bertz CT molecular complexity index is 630. The maximum atomic E-state index is 12.0. The van der Waals surface area contributed by atoms with Crippen LogP contribution in [-0.2, 0) is 13.4 Å². The summed E-state index contributed by atoms with van der Waals surface area (Å²) < 4.78 is -1.70. The van der Waals surface area contributed by atoms with E-state index in [1.807, 2.05) is 0 Å². The van der Waals surface area contributed by atoms with Gasteiger partial charge in [0.05, 0.1) is 11.9 Å². The number of anilines is 2. The standard InChI is InChI=1S/C14H14Cl3N3O2/c15-14(16,17)9-7-11(20-6-2-4-13(20)22)18-8-10(9)19-5-1-3-12(19)21/h7-8H,1-6H2. The molecule has 3 heterocycles. The van der Waals surface area contributed by atoms with E-state index in [0.717, 1.165) is 12.8 Å². The lowest BCUT2D eigenvalue weighted by Gasteiger charge is -2.25. The highest BCUT2D eigenvalue weighted by Gasteiger charge is 2.34. The van der Waals surface area contributed by atoms with Crippen LogP contribution < -0.4 is 9.80 Å². The Morgan fingerprint density at radius 2 is 1.59 bits per heavy atom. The van der Waals surface area contributed by atoms with Crippen LogP contribution >= 0.6 is 34.8 Å². The van der Waals surface area contributed by atoms with Gasteiger partial charge in [-0.15, -0.1) is 0 Å². The van der Waals surface area contributed by atoms with Crippen LogP contribution in [0, 0.1) is 0 Å². The molecule has 1 aromatic rings. The molecule has 0 N–H and O–H groups in total. The minimum atomic E-state index is -1.70. The van der Waals surface area contributed by atoms with Gasteiger partial charge in [-0.05, 0) is 18.9 Å². The van der Waals surface area contributed by atoms with Gasteiger partial charge in [0, 0.05) is 31.5 Å². The number of carbonyl (C=O) groups excluding carboxylic acids is 2. The quantitative estimate of drug-likeness (QED) is 0.759. The molecule has 5 nitrogen and oxygen atoms in total. The van der Waals surface area contributed by atoms with Gasteiger partial charge in [0.1, 0.15) is 5.82 Å². The van der Waals surface area contributed by atoms with Gasteiger partial charge in [0.15, 0.2) is 0 Å². The van der Waals surface area contributed by atoms with Crippen molar-refractivity contribution in [2.45, 2.75) is 29.5 Å². The van der Waals surface area contributed by atoms with E-state index in [9.17, 15) is 9.59 Å². The molecule has 0 aromatic carbocycles. The third-order valence-electron chi connectivity index (χ3n) is 3.89. The molecule has 3 rings (SSSR count). The Morgan fingerprint density at radius 1 is 1.00 bits per heavy atom. The molecule has 2 aliphatic heterocycles. The number of rotatable bonds is 2. The Morgan fingerprint density at radius 3 is 2.09 bits per heavy atom. The molecule has 0 bridgehead atoms. The summed E-state index contributed by atoms with van der Waals surface area (Å²) in [6, 6.07) is 1.59. The lowest BCUT2D eigenvalue weighted by molar-refractivity contribution is -0.117. The lowest BCUT2D eigenvalue weighted by atomic mass is 10.2. The largest absolute Gasteiger partial charge is 0.310 e. The van der Waals surface area contributed by atoms with Crippen LogP contribution in [0.15, 0.2) is 12.3 Å². The van der Waals surface area contributed by atoms with E-state index in [0.29, 0.717) is 43.0 Å². The monoisotopic (exact) mass is 361 g/mol. The minimum Gasteiger partial charge on any atom is -0.310 e. The molecule has 1 aromatic heterocycles. The van der Waals surface area contributed by atoms with Crippen molar-refractivity contribution < 1.29 is 9.59 Å². The zero-order valence-corrected chi connectivity index (χ0v) is 14.0. The summed E-state index contributed by atoms with van der Waals surface area (Å²) in [5.41, 5.74) is 0.871. The molecule has 118 valence electrons. The van der Waals surface area contributed by atoms with Crippen molar-refractivity contribution in [3.05, 3.63) is 17.8 Å². The van der Waals surface area contributed by atoms with Gasteiger partial charge in [0.2, 0.25) is 15.6 Å². The molecule has 0 saturated carbocycles. The van der Waals surface area contributed by atoms with Gasteiger partial charge in [-0.2, -0.15) is 0 Å². The van der Waals surface area contributed by atoms with Crippen LogP contribution in [0.25, 0.3) is 0 Å². The first-order valence-electron chi connectivity index (χ1n) is 7.06. The fraction of sp³-hybridized carbons (Fsp3) is 0.500. The van der Waals surface area contributed by atoms with Crippen molar-refractivity contribution in [2.75, 3.05) is 22.9 Å². The van der Waals surface area contributed by atoms with E-state index in [1.165, 1.54) is 6.20 Å². The second kappa shape index (κ2) is 5.87. The molecule has 0 spiro atoms. The van der Waals surface area contributed by atoms with Crippen LogP contribution in [0.3, 0.4) is 0 Å². The van der Waals surface area contributed by atoms with Crippen molar-refractivity contribution in [1.29, 1.82) is 0 Å². The minimum absolute atomic E-state index is 0.00719. The molecule has 2 amide bonds. The number of carbonyl (C=O) groups is 2. The van der Waals surface area contributed by atoms with E-state index >= 15 is 0 Å². The fourth-order valence-electron chi connectivity index (χ4n) is 2.82. The number of amides is 2. The molecule has 0 aliphatic carbocycles. The molecule has 0 radical (unpaired) electrons. The van der Waals surface area contributed by atoms with E-state index in [2.05, 4.69) is 4.98 Å². The molecular formula is C14H14Cl3N3O2. The number of aromatic nitrogens is 1. The summed E-state index contributed by atoms with van der Waals surface area (Å²) in [4.78, 5) is 31.3. The number of alkyl halides is 3. The van der Waals surface area contributed by atoms with Crippen molar-refractivity contribution in [3.8, 4) is 0 Å². The molecule has 2 saturated heterocycles. The van der Waals surface area contributed by atoms with Crippen LogP contribution in [0.1, 0.15) is 31.2 Å². The number of halogens is 3. The average Bonchev–Trinajstić information content (AvgIpc) is 3.06. The first-order valence-corrected chi connectivity index (χ1v) is 8.19. The van der Waals surface area contributed by atoms with E-state index in [-0.39, 0.29) is 11.8 Å². The first kappa shape index (κ1) is 15.8. The second-order valence-electron chi connectivity index (χ2n) is 5.36. The van der Waals surface area contributed by atoms with Crippen LogP contribution in [0.4, 0.5) is 11.5 Å². The highest BCUT2D eigenvalue weighted by Crippen LogP contribution is 2.45. The molecular weight excluding hydrogens is 349 g/mol. The summed E-state index contributed by atoms with van der Waals surface area (Å²) in [7, 11) is 0. The number of pyridine rings is 1. The van der Waals surface area contributed by atoms with Crippen molar-refractivity contribution >= 4 is 58.1 Å². The second-order valence-corrected chi connectivity index (χ2v) is 7.64. The normalized spacial score (nSPS) is 19.4. The van der Waals surface area contributed by atoms with Crippen molar-refractivity contribution in [3.63, 3.8) is 0 Å². The summed E-state index contributed by atoms with van der Waals surface area (Å²) in [5, 5.41) is 0.